The van der Waals surface area contributed by atoms with Gasteiger partial charge in [-0.1, -0.05) is 13.8 Å². The van der Waals surface area contributed by atoms with Gasteiger partial charge in [0.15, 0.2) is 0 Å². The van der Waals surface area contributed by atoms with Crippen molar-refractivity contribution in [1.82, 2.24) is 10.2 Å². The van der Waals surface area contributed by atoms with Crippen LogP contribution in [0.1, 0.15) is 33.6 Å². The fourth-order valence-electron chi connectivity index (χ4n) is 2.50. The maximum Gasteiger partial charge on any atom is 0.0593 e. The largest absolute Gasteiger partial charge is 0.385 e. The minimum Gasteiger partial charge on any atom is -0.385 e. The van der Waals surface area contributed by atoms with Crippen molar-refractivity contribution in [2.75, 3.05) is 46.6 Å². The summed E-state index contributed by atoms with van der Waals surface area (Å²) in [7, 11) is 1.73. The molecular formula is C15H32N2O2. The number of rotatable bonds is 8. The highest BCUT2D eigenvalue weighted by Gasteiger charge is 2.24. The van der Waals surface area contributed by atoms with Crippen LogP contribution >= 0.6 is 0 Å². The molecule has 0 aromatic carbocycles. The van der Waals surface area contributed by atoms with Crippen molar-refractivity contribution in [1.29, 1.82) is 0 Å². The highest BCUT2D eigenvalue weighted by molar-refractivity contribution is 4.82. The molecule has 1 rings (SSSR count). The third-order valence-electron chi connectivity index (χ3n) is 3.99. The van der Waals surface area contributed by atoms with Crippen LogP contribution in [0.5, 0.6) is 0 Å². The second-order valence-electron chi connectivity index (χ2n) is 5.90. The van der Waals surface area contributed by atoms with Gasteiger partial charge in [-0.25, -0.2) is 0 Å². The molecule has 0 spiro atoms. The van der Waals surface area contributed by atoms with E-state index in [1.165, 1.54) is 6.42 Å². The predicted octanol–water partition coefficient (Wildman–Crippen LogP) is 1.75. The van der Waals surface area contributed by atoms with Crippen molar-refractivity contribution in [3.8, 4) is 0 Å². The summed E-state index contributed by atoms with van der Waals surface area (Å²) in [5.41, 5.74) is 0. The van der Waals surface area contributed by atoms with E-state index in [4.69, 9.17) is 9.47 Å². The molecule has 0 aliphatic carbocycles. The van der Waals surface area contributed by atoms with E-state index in [0.717, 1.165) is 45.9 Å². The third-order valence-corrected chi connectivity index (χ3v) is 3.99. The van der Waals surface area contributed by atoms with Gasteiger partial charge < -0.3 is 14.8 Å². The quantitative estimate of drug-likeness (QED) is 0.683. The molecule has 0 bridgehead atoms. The van der Waals surface area contributed by atoms with Crippen LogP contribution in [-0.2, 0) is 9.47 Å². The molecule has 2 atom stereocenters. The fourth-order valence-corrected chi connectivity index (χ4v) is 2.50. The van der Waals surface area contributed by atoms with Crippen molar-refractivity contribution >= 4 is 0 Å². The molecule has 1 N–H and O–H groups in total. The van der Waals surface area contributed by atoms with Crippen molar-refractivity contribution in [2.45, 2.75) is 45.7 Å². The first-order chi connectivity index (χ1) is 9.15. The van der Waals surface area contributed by atoms with Gasteiger partial charge in [0, 0.05) is 45.5 Å². The highest BCUT2D eigenvalue weighted by Crippen LogP contribution is 2.13. The van der Waals surface area contributed by atoms with Crippen molar-refractivity contribution < 1.29 is 9.47 Å². The van der Waals surface area contributed by atoms with Crippen LogP contribution in [0.4, 0.5) is 0 Å². The lowest BCUT2D eigenvalue weighted by Gasteiger charge is -2.30. The third kappa shape index (κ3) is 6.70. The summed E-state index contributed by atoms with van der Waals surface area (Å²) < 4.78 is 10.7. The fraction of sp³-hybridized carbons (Fsp3) is 1.00. The summed E-state index contributed by atoms with van der Waals surface area (Å²) in [6.07, 6.45) is 2.22. The number of hydrogen-bond acceptors (Lipinski definition) is 4. The summed E-state index contributed by atoms with van der Waals surface area (Å²) in [5, 5.41) is 3.66. The van der Waals surface area contributed by atoms with E-state index in [-0.39, 0.29) is 0 Å². The zero-order valence-corrected chi connectivity index (χ0v) is 13.2. The lowest BCUT2D eigenvalue weighted by atomic mass is 10.0. The van der Waals surface area contributed by atoms with Gasteiger partial charge in [0.25, 0.3) is 0 Å². The SMILES string of the molecule is COCCCOCCN1CC(C(C)C)NCCC1C. The summed E-state index contributed by atoms with van der Waals surface area (Å²) in [6.45, 7) is 12.7. The van der Waals surface area contributed by atoms with Crippen molar-refractivity contribution in [3.63, 3.8) is 0 Å². The molecule has 1 aliphatic heterocycles. The second-order valence-corrected chi connectivity index (χ2v) is 5.90. The van der Waals surface area contributed by atoms with Crippen LogP contribution in [-0.4, -0.2) is 63.5 Å². The smallest absolute Gasteiger partial charge is 0.0593 e. The van der Waals surface area contributed by atoms with Gasteiger partial charge in [-0.05, 0) is 32.2 Å². The molecule has 4 nitrogen and oxygen atoms in total. The average Bonchev–Trinajstić information content (AvgIpc) is 2.56. The molecule has 1 fully saturated rings. The Morgan fingerprint density at radius 1 is 1.26 bits per heavy atom. The lowest BCUT2D eigenvalue weighted by Crippen LogP contribution is -2.44. The summed E-state index contributed by atoms with van der Waals surface area (Å²) >= 11 is 0. The summed E-state index contributed by atoms with van der Waals surface area (Å²) in [5.74, 6) is 0.690. The number of nitrogens with zero attached hydrogens (tertiary/aromatic N) is 1. The van der Waals surface area contributed by atoms with Crippen LogP contribution in [0.15, 0.2) is 0 Å². The van der Waals surface area contributed by atoms with E-state index in [2.05, 4.69) is 31.0 Å². The van der Waals surface area contributed by atoms with Gasteiger partial charge >= 0.3 is 0 Å². The zero-order valence-electron chi connectivity index (χ0n) is 13.2. The number of methoxy groups -OCH3 is 1. The molecule has 0 aromatic heterocycles. The molecule has 0 aromatic rings. The molecule has 2 unspecified atom stereocenters. The topological polar surface area (TPSA) is 33.7 Å². The van der Waals surface area contributed by atoms with Crippen LogP contribution in [0.2, 0.25) is 0 Å². The van der Waals surface area contributed by atoms with E-state index < -0.39 is 0 Å². The molecule has 4 heteroatoms. The van der Waals surface area contributed by atoms with Gasteiger partial charge in [-0.15, -0.1) is 0 Å². The first-order valence-electron chi connectivity index (χ1n) is 7.69. The predicted molar refractivity (Wildman–Crippen MR) is 79.6 cm³/mol. The van der Waals surface area contributed by atoms with Crippen LogP contribution in [0.3, 0.4) is 0 Å². The summed E-state index contributed by atoms with van der Waals surface area (Å²) in [6, 6.07) is 1.26. The highest BCUT2D eigenvalue weighted by atomic mass is 16.5. The maximum absolute atomic E-state index is 5.68. The van der Waals surface area contributed by atoms with Gasteiger partial charge in [-0.3, -0.25) is 4.90 Å². The average molecular weight is 272 g/mol. The molecule has 0 amide bonds. The molecular weight excluding hydrogens is 240 g/mol. The van der Waals surface area contributed by atoms with Gasteiger partial charge in [0.1, 0.15) is 0 Å². The van der Waals surface area contributed by atoms with Gasteiger partial charge in [-0.2, -0.15) is 0 Å². The van der Waals surface area contributed by atoms with E-state index in [1.54, 1.807) is 7.11 Å². The Bertz CT molecular complexity index is 224. The Hall–Kier alpha value is -0.160. The van der Waals surface area contributed by atoms with E-state index in [0.29, 0.717) is 18.0 Å². The minimum atomic E-state index is 0.610. The Morgan fingerprint density at radius 3 is 2.74 bits per heavy atom. The number of hydrogen-bond donors (Lipinski definition) is 1. The first-order valence-corrected chi connectivity index (χ1v) is 7.69. The molecule has 1 heterocycles. The van der Waals surface area contributed by atoms with Crippen LogP contribution < -0.4 is 5.32 Å². The van der Waals surface area contributed by atoms with Crippen LogP contribution in [0, 0.1) is 5.92 Å². The van der Waals surface area contributed by atoms with E-state index in [1.807, 2.05) is 0 Å². The normalized spacial score (nSPS) is 25.7. The van der Waals surface area contributed by atoms with E-state index >= 15 is 0 Å². The van der Waals surface area contributed by atoms with E-state index in [9.17, 15) is 0 Å². The number of nitrogens with one attached hydrogen (secondary N) is 1. The van der Waals surface area contributed by atoms with Gasteiger partial charge in [0.05, 0.1) is 6.61 Å². The molecule has 0 radical (unpaired) electrons. The van der Waals surface area contributed by atoms with Crippen molar-refractivity contribution in [3.05, 3.63) is 0 Å². The molecule has 1 saturated heterocycles. The Morgan fingerprint density at radius 2 is 2.05 bits per heavy atom. The Labute approximate surface area is 118 Å². The Balaban J connectivity index is 2.24. The molecule has 1 aliphatic rings. The minimum absolute atomic E-state index is 0.610. The molecule has 19 heavy (non-hydrogen) atoms. The first kappa shape index (κ1) is 16.9. The van der Waals surface area contributed by atoms with Gasteiger partial charge in [0.2, 0.25) is 0 Å². The van der Waals surface area contributed by atoms with Crippen LogP contribution in [0.25, 0.3) is 0 Å². The maximum atomic E-state index is 5.68. The van der Waals surface area contributed by atoms with Crippen molar-refractivity contribution in [2.24, 2.45) is 5.92 Å². The monoisotopic (exact) mass is 272 g/mol. The Kier molecular flexibility index (Phi) is 8.62. The zero-order chi connectivity index (χ0) is 14.1. The molecule has 0 saturated carbocycles. The number of ether oxygens (including phenoxy) is 2. The lowest BCUT2D eigenvalue weighted by molar-refractivity contribution is 0.0721. The molecule has 114 valence electrons. The standard InChI is InChI=1S/C15H32N2O2/c1-13(2)15-12-17(14(3)6-7-16-15)8-11-19-10-5-9-18-4/h13-16H,5-12H2,1-4H3. The summed E-state index contributed by atoms with van der Waals surface area (Å²) in [4.78, 5) is 2.57. The second kappa shape index (κ2) is 9.70.